The lowest BCUT2D eigenvalue weighted by Crippen LogP contribution is -1.99. The molecule has 1 aromatic carbocycles. The summed E-state index contributed by atoms with van der Waals surface area (Å²) >= 11 is 0. The molecule has 19 heavy (non-hydrogen) atoms. The number of benzene rings is 1. The second kappa shape index (κ2) is 4.93. The Kier molecular flexibility index (Phi) is 2.97. The van der Waals surface area contributed by atoms with E-state index in [1.54, 1.807) is 10.7 Å². The Bertz CT molecular complexity index is 716. The molecule has 0 radical (unpaired) electrons. The molecule has 0 N–H and O–H groups in total. The predicted molar refractivity (Wildman–Crippen MR) is 70.8 cm³/mol. The topological polar surface area (TPSA) is 67.8 Å². The quantitative estimate of drug-likeness (QED) is 0.672. The molecule has 0 bridgehead atoms. The summed E-state index contributed by atoms with van der Waals surface area (Å²) in [5.41, 5.74) is 2.47. The van der Waals surface area contributed by atoms with Crippen LogP contribution in [0.5, 0.6) is 0 Å². The van der Waals surface area contributed by atoms with E-state index in [0.29, 0.717) is 11.5 Å². The third kappa shape index (κ3) is 2.20. The van der Waals surface area contributed by atoms with Gasteiger partial charge in [-0.25, -0.2) is 4.98 Å². The van der Waals surface area contributed by atoms with E-state index in [0.717, 1.165) is 17.8 Å². The van der Waals surface area contributed by atoms with Crippen LogP contribution in [-0.4, -0.2) is 19.6 Å². The molecule has 0 atom stereocenters. The van der Waals surface area contributed by atoms with Crippen molar-refractivity contribution in [2.75, 3.05) is 0 Å². The van der Waals surface area contributed by atoms with Crippen LogP contribution in [0.2, 0.25) is 0 Å². The molecule has 0 unspecified atom stereocenters. The SMILES string of the molecule is CCc1c(N=Nc2ccccc2)cnc2ncnn12. The Morgan fingerprint density at radius 3 is 2.74 bits per heavy atom. The highest BCUT2D eigenvalue weighted by Gasteiger charge is 2.08. The van der Waals surface area contributed by atoms with Gasteiger partial charge in [0.1, 0.15) is 12.0 Å². The lowest BCUT2D eigenvalue weighted by atomic mass is 10.3. The first-order valence-electron chi connectivity index (χ1n) is 6.03. The molecule has 0 spiro atoms. The zero-order valence-corrected chi connectivity index (χ0v) is 10.4. The predicted octanol–water partition coefficient (Wildman–Crippen LogP) is 3.10. The van der Waals surface area contributed by atoms with Crippen LogP contribution < -0.4 is 0 Å². The number of hydrogen-bond donors (Lipinski definition) is 0. The van der Waals surface area contributed by atoms with E-state index < -0.39 is 0 Å². The van der Waals surface area contributed by atoms with Crippen molar-refractivity contribution in [3.63, 3.8) is 0 Å². The first-order chi connectivity index (χ1) is 9.38. The van der Waals surface area contributed by atoms with Crippen LogP contribution in [0, 0.1) is 0 Å². The van der Waals surface area contributed by atoms with Gasteiger partial charge in [0.2, 0.25) is 0 Å². The zero-order valence-electron chi connectivity index (χ0n) is 10.4. The molecule has 2 aromatic heterocycles. The maximum Gasteiger partial charge on any atom is 0.252 e. The molecule has 0 saturated carbocycles. The van der Waals surface area contributed by atoms with E-state index in [2.05, 4.69) is 25.3 Å². The fourth-order valence-corrected chi connectivity index (χ4v) is 1.84. The van der Waals surface area contributed by atoms with E-state index in [4.69, 9.17) is 0 Å². The third-order valence-corrected chi connectivity index (χ3v) is 2.75. The lowest BCUT2D eigenvalue weighted by molar-refractivity contribution is 0.845. The Labute approximate surface area is 109 Å². The van der Waals surface area contributed by atoms with Crippen molar-refractivity contribution in [2.24, 2.45) is 10.2 Å². The molecule has 0 amide bonds. The van der Waals surface area contributed by atoms with Gasteiger partial charge < -0.3 is 0 Å². The average Bonchev–Trinajstić information content (AvgIpc) is 2.94. The number of azo groups is 1. The molecule has 0 fully saturated rings. The first kappa shape index (κ1) is 11.5. The van der Waals surface area contributed by atoms with E-state index in [1.165, 1.54) is 6.33 Å². The van der Waals surface area contributed by atoms with Crippen molar-refractivity contribution in [1.82, 2.24) is 19.6 Å². The lowest BCUT2D eigenvalue weighted by Gasteiger charge is -2.03. The normalized spacial score (nSPS) is 11.4. The van der Waals surface area contributed by atoms with E-state index >= 15 is 0 Å². The summed E-state index contributed by atoms with van der Waals surface area (Å²) in [7, 11) is 0. The van der Waals surface area contributed by atoms with Gasteiger partial charge in [-0.2, -0.15) is 19.7 Å². The van der Waals surface area contributed by atoms with Crippen molar-refractivity contribution >= 4 is 17.2 Å². The summed E-state index contributed by atoms with van der Waals surface area (Å²) in [5.74, 6) is 0.579. The summed E-state index contributed by atoms with van der Waals surface area (Å²) in [6, 6.07) is 9.59. The Morgan fingerprint density at radius 1 is 1.11 bits per heavy atom. The van der Waals surface area contributed by atoms with Gasteiger partial charge in [-0.05, 0) is 18.6 Å². The van der Waals surface area contributed by atoms with Gasteiger partial charge in [-0.1, -0.05) is 25.1 Å². The van der Waals surface area contributed by atoms with Crippen LogP contribution in [0.3, 0.4) is 0 Å². The fraction of sp³-hybridized carbons (Fsp3) is 0.154. The van der Waals surface area contributed by atoms with E-state index in [1.807, 2.05) is 37.3 Å². The molecule has 2 heterocycles. The monoisotopic (exact) mass is 252 g/mol. The van der Waals surface area contributed by atoms with Crippen LogP contribution in [0.15, 0.2) is 53.1 Å². The summed E-state index contributed by atoms with van der Waals surface area (Å²) in [4.78, 5) is 8.25. The molecule has 94 valence electrons. The zero-order chi connectivity index (χ0) is 13.1. The van der Waals surface area contributed by atoms with Gasteiger partial charge in [0.25, 0.3) is 5.78 Å². The van der Waals surface area contributed by atoms with Crippen molar-refractivity contribution in [2.45, 2.75) is 13.3 Å². The molecule has 3 rings (SSSR count). The summed E-state index contributed by atoms with van der Waals surface area (Å²) < 4.78 is 1.69. The van der Waals surface area contributed by atoms with E-state index in [-0.39, 0.29) is 0 Å². The highest BCUT2D eigenvalue weighted by Crippen LogP contribution is 2.21. The molecule has 0 aliphatic carbocycles. The minimum Gasteiger partial charge on any atom is -0.217 e. The van der Waals surface area contributed by atoms with Crippen molar-refractivity contribution in [3.05, 3.63) is 48.5 Å². The number of aromatic nitrogens is 4. The van der Waals surface area contributed by atoms with Crippen molar-refractivity contribution in [3.8, 4) is 0 Å². The molecular formula is C13H12N6. The van der Waals surface area contributed by atoms with Crippen LogP contribution >= 0.6 is 0 Å². The number of hydrogen-bond acceptors (Lipinski definition) is 5. The van der Waals surface area contributed by atoms with Crippen molar-refractivity contribution in [1.29, 1.82) is 0 Å². The van der Waals surface area contributed by atoms with Crippen LogP contribution in [-0.2, 0) is 6.42 Å². The van der Waals surface area contributed by atoms with Gasteiger partial charge in [-0.15, -0.1) is 5.11 Å². The van der Waals surface area contributed by atoms with Crippen LogP contribution in [0.1, 0.15) is 12.6 Å². The van der Waals surface area contributed by atoms with Gasteiger partial charge in [0.05, 0.1) is 17.6 Å². The standard InChI is InChI=1S/C13H12N6/c1-2-12-11(8-14-13-15-9-16-19(12)13)18-17-10-6-4-3-5-7-10/h3-9H,2H2,1H3. The van der Waals surface area contributed by atoms with Crippen molar-refractivity contribution < 1.29 is 0 Å². The third-order valence-electron chi connectivity index (χ3n) is 2.75. The number of nitrogens with zero attached hydrogens (tertiary/aromatic N) is 6. The summed E-state index contributed by atoms with van der Waals surface area (Å²) in [6.07, 6.45) is 3.94. The van der Waals surface area contributed by atoms with Gasteiger partial charge >= 0.3 is 0 Å². The summed E-state index contributed by atoms with van der Waals surface area (Å²) in [5, 5.41) is 12.6. The maximum atomic E-state index is 4.25. The smallest absolute Gasteiger partial charge is 0.217 e. The molecule has 3 aromatic rings. The highest BCUT2D eigenvalue weighted by molar-refractivity contribution is 5.45. The number of rotatable bonds is 3. The molecule has 6 heteroatoms. The van der Waals surface area contributed by atoms with Gasteiger partial charge in [0.15, 0.2) is 0 Å². The largest absolute Gasteiger partial charge is 0.252 e. The second-order valence-corrected chi connectivity index (χ2v) is 3.95. The Hall–Kier alpha value is -2.63. The maximum absolute atomic E-state index is 4.25. The number of fused-ring (bicyclic) bond motifs is 1. The van der Waals surface area contributed by atoms with Crippen LogP contribution in [0.25, 0.3) is 5.78 Å². The van der Waals surface area contributed by atoms with Gasteiger partial charge in [-0.3, -0.25) is 0 Å². The minimum atomic E-state index is 0.579. The Balaban J connectivity index is 2.03. The van der Waals surface area contributed by atoms with Gasteiger partial charge in [0, 0.05) is 0 Å². The average molecular weight is 252 g/mol. The van der Waals surface area contributed by atoms with Crippen LogP contribution in [0.4, 0.5) is 11.4 Å². The molecular weight excluding hydrogens is 240 g/mol. The molecule has 0 aliphatic rings. The number of aryl methyl sites for hydroxylation is 1. The molecule has 6 nitrogen and oxygen atoms in total. The van der Waals surface area contributed by atoms with E-state index in [9.17, 15) is 0 Å². The second-order valence-electron chi connectivity index (χ2n) is 3.95. The fourth-order valence-electron chi connectivity index (χ4n) is 1.84. The minimum absolute atomic E-state index is 0.579. The summed E-state index contributed by atoms with van der Waals surface area (Å²) in [6.45, 7) is 2.04. The molecule has 0 saturated heterocycles. The Morgan fingerprint density at radius 2 is 1.95 bits per heavy atom. The first-order valence-corrected chi connectivity index (χ1v) is 6.03. The molecule has 0 aliphatic heterocycles. The highest BCUT2D eigenvalue weighted by atomic mass is 15.3.